The fourth-order valence-corrected chi connectivity index (χ4v) is 4.64. The van der Waals surface area contributed by atoms with Crippen LogP contribution in [0, 0.1) is 0 Å². The highest BCUT2D eigenvalue weighted by atomic mass is 16.5. The second kappa shape index (κ2) is 8.31. The average molecular weight is 412 g/mol. The van der Waals surface area contributed by atoms with Gasteiger partial charge in [0.05, 0.1) is 25.5 Å². The molecular weight excluding hydrogens is 382 g/mol. The molecule has 160 valence electrons. The number of carbonyl (C=O) groups is 1. The molecule has 2 aromatic heterocycles. The van der Waals surface area contributed by atoms with Crippen LogP contribution in [-0.4, -0.2) is 93.0 Å². The van der Waals surface area contributed by atoms with Gasteiger partial charge in [-0.1, -0.05) is 6.42 Å². The van der Waals surface area contributed by atoms with Crippen LogP contribution in [-0.2, 0) is 17.8 Å². The summed E-state index contributed by atoms with van der Waals surface area (Å²) in [6, 6.07) is 4.42. The highest BCUT2D eigenvalue weighted by Crippen LogP contribution is 2.26. The maximum absolute atomic E-state index is 12.8. The molecule has 0 bridgehead atoms. The lowest BCUT2D eigenvalue weighted by atomic mass is 9.91. The third kappa shape index (κ3) is 3.79. The first-order valence-electron chi connectivity index (χ1n) is 10.9. The van der Waals surface area contributed by atoms with Gasteiger partial charge < -0.3 is 9.64 Å². The molecule has 9 nitrogen and oxygen atoms in total. The number of hydrogen-bond acceptors (Lipinski definition) is 7. The van der Waals surface area contributed by atoms with Crippen molar-refractivity contribution in [3.8, 4) is 11.7 Å². The maximum atomic E-state index is 12.8. The molecule has 0 radical (unpaired) electrons. The minimum Gasteiger partial charge on any atom is -0.480 e. The summed E-state index contributed by atoms with van der Waals surface area (Å²) < 4.78 is 6.93. The Morgan fingerprint density at radius 3 is 2.63 bits per heavy atom. The van der Waals surface area contributed by atoms with Gasteiger partial charge in [-0.3, -0.25) is 14.6 Å². The SMILES string of the molecule is COc1ccc(-n2ncc3c2CCN(CC(=O)N2CCN(C4CCC4)CC2)C3)nn1. The Bertz CT molecular complexity index is 885. The van der Waals surface area contributed by atoms with Crippen molar-refractivity contribution in [3.63, 3.8) is 0 Å². The van der Waals surface area contributed by atoms with Crippen molar-refractivity contribution < 1.29 is 9.53 Å². The summed E-state index contributed by atoms with van der Waals surface area (Å²) in [7, 11) is 1.57. The van der Waals surface area contributed by atoms with E-state index >= 15 is 0 Å². The van der Waals surface area contributed by atoms with Crippen molar-refractivity contribution in [2.75, 3.05) is 46.4 Å². The number of fused-ring (bicyclic) bond motifs is 1. The monoisotopic (exact) mass is 411 g/mol. The normalized spacial score (nSPS) is 20.6. The van der Waals surface area contributed by atoms with Crippen molar-refractivity contribution in [1.29, 1.82) is 0 Å². The molecule has 2 aliphatic heterocycles. The number of nitrogens with zero attached hydrogens (tertiary/aromatic N) is 7. The molecule has 9 heteroatoms. The van der Waals surface area contributed by atoms with E-state index in [2.05, 4.69) is 25.1 Å². The second-order valence-electron chi connectivity index (χ2n) is 8.42. The minimum absolute atomic E-state index is 0.250. The van der Waals surface area contributed by atoms with Crippen molar-refractivity contribution in [3.05, 3.63) is 29.6 Å². The Hall–Kier alpha value is -2.52. The highest BCUT2D eigenvalue weighted by molar-refractivity contribution is 5.78. The van der Waals surface area contributed by atoms with E-state index < -0.39 is 0 Å². The molecule has 2 aromatic rings. The van der Waals surface area contributed by atoms with Crippen molar-refractivity contribution in [1.82, 2.24) is 34.7 Å². The van der Waals surface area contributed by atoms with E-state index in [1.165, 1.54) is 19.3 Å². The molecule has 0 N–H and O–H groups in total. The number of piperazine rings is 1. The van der Waals surface area contributed by atoms with Gasteiger partial charge in [0.25, 0.3) is 0 Å². The first-order valence-corrected chi connectivity index (χ1v) is 10.9. The number of hydrogen-bond donors (Lipinski definition) is 0. The zero-order valence-electron chi connectivity index (χ0n) is 17.5. The standard InChI is InChI=1S/C21H29N7O2/c1-30-20-6-5-19(23-24-20)28-18-7-8-25(14-16(18)13-22-28)15-21(29)27-11-9-26(10-12-27)17-3-2-4-17/h5-6,13,17H,2-4,7-12,14-15H2,1H3. The quantitative estimate of drug-likeness (QED) is 0.717. The highest BCUT2D eigenvalue weighted by Gasteiger charge is 2.30. The topological polar surface area (TPSA) is 79.6 Å². The van der Waals surface area contributed by atoms with Crippen LogP contribution in [0.4, 0.5) is 0 Å². The molecule has 1 amide bonds. The van der Waals surface area contributed by atoms with Gasteiger partial charge in [0.15, 0.2) is 5.82 Å². The number of ether oxygens (including phenoxy) is 1. The van der Waals surface area contributed by atoms with Gasteiger partial charge in [-0.2, -0.15) is 5.10 Å². The molecule has 2 fully saturated rings. The molecule has 3 aliphatic rings. The third-order valence-corrected chi connectivity index (χ3v) is 6.68. The van der Waals surface area contributed by atoms with Gasteiger partial charge >= 0.3 is 0 Å². The fraction of sp³-hybridized carbons (Fsp3) is 0.619. The zero-order valence-corrected chi connectivity index (χ0v) is 17.5. The lowest BCUT2D eigenvalue weighted by Crippen LogP contribution is -2.55. The van der Waals surface area contributed by atoms with Crippen molar-refractivity contribution in [2.24, 2.45) is 0 Å². The first kappa shape index (κ1) is 19.4. The average Bonchev–Trinajstić information content (AvgIpc) is 3.16. The van der Waals surface area contributed by atoms with Gasteiger partial charge in [-0.05, 0) is 18.9 Å². The summed E-state index contributed by atoms with van der Waals surface area (Å²) in [4.78, 5) is 19.7. The van der Waals surface area contributed by atoms with E-state index in [-0.39, 0.29) is 5.91 Å². The van der Waals surface area contributed by atoms with Crippen molar-refractivity contribution >= 4 is 5.91 Å². The van der Waals surface area contributed by atoms with E-state index in [0.29, 0.717) is 18.2 Å². The van der Waals surface area contributed by atoms with E-state index in [1.54, 1.807) is 13.2 Å². The number of amides is 1. The van der Waals surface area contributed by atoms with Crippen LogP contribution in [0.2, 0.25) is 0 Å². The lowest BCUT2D eigenvalue weighted by Gasteiger charge is -2.43. The third-order valence-electron chi connectivity index (χ3n) is 6.68. The summed E-state index contributed by atoms with van der Waals surface area (Å²) >= 11 is 0. The minimum atomic E-state index is 0.250. The van der Waals surface area contributed by atoms with Crippen LogP contribution in [0.3, 0.4) is 0 Å². The van der Waals surface area contributed by atoms with Gasteiger partial charge in [-0.25, -0.2) is 4.68 Å². The summed E-state index contributed by atoms with van der Waals surface area (Å²) in [6.45, 7) is 5.84. The van der Waals surface area contributed by atoms with Crippen LogP contribution in [0.5, 0.6) is 5.88 Å². The number of carbonyl (C=O) groups excluding carboxylic acids is 1. The molecular formula is C21H29N7O2. The number of rotatable bonds is 5. The molecule has 1 saturated carbocycles. The van der Waals surface area contributed by atoms with Gasteiger partial charge in [0.2, 0.25) is 11.8 Å². The lowest BCUT2D eigenvalue weighted by molar-refractivity contribution is -0.135. The summed E-state index contributed by atoms with van der Waals surface area (Å²) in [6.07, 6.45) is 6.75. The maximum Gasteiger partial charge on any atom is 0.236 e. The number of aromatic nitrogens is 4. The van der Waals surface area contributed by atoms with E-state index in [1.807, 2.05) is 21.8 Å². The van der Waals surface area contributed by atoms with Gasteiger partial charge in [0, 0.05) is 63.4 Å². The molecule has 0 unspecified atom stereocenters. The molecule has 4 heterocycles. The summed E-state index contributed by atoms with van der Waals surface area (Å²) in [5.74, 6) is 1.42. The molecule has 5 rings (SSSR count). The molecule has 0 spiro atoms. The van der Waals surface area contributed by atoms with Gasteiger partial charge in [-0.15, -0.1) is 10.2 Å². The largest absolute Gasteiger partial charge is 0.480 e. The van der Waals surface area contributed by atoms with Crippen LogP contribution in [0.1, 0.15) is 30.5 Å². The van der Waals surface area contributed by atoms with E-state index in [0.717, 1.165) is 63.0 Å². The smallest absolute Gasteiger partial charge is 0.236 e. The Balaban J connectivity index is 1.17. The Morgan fingerprint density at radius 1 is 1.13 bits per heavy atom. The Kier molecular flexibility index (Phi) is 5.39. The Morgan fingerprint density at radius 2 is 1.97 bits per heavy atom. The number of methoxy groups -OCH3 is 1. The summed E-state index contributed by atoms with van der Waals surface area (Å²) in [5, 5.41) is 12.8. The van der Waals surface area contributed by atoms with Crippen LogP contribution in [0.15, 0.2) is 18.3 Å². The first-order chi connectivity index (χ1) is 14.7. The van der Waals surface area contributed by atoms with Crippen LogP contribution in [0.25, 0.3) is 5.82 Å². The van der Waals surface area contributed by atoms with Crippen LogP contribution >= 0.6 is 0 Å². The van der Waals surface area contributed by atoms with E-state index in [4.69, 9.17) is 4.74 Å². The summed E-state index contributed by atoms with van der Waals surface area (Å²) in [5.41, 5.74) is 2.30. The van der Waals surface area contributed by atoms with Crippen molar-refractivity contribution in [2.45, 2.75) is 38.3 Å². The Labute approximate surface area is 176 Å². The van der Waals surface area contributed by atoms with Gasteiger partial charge in [0.1, 0.15) is 0 Å². The predicted molar refractivity (Wildman–Crippen MR) is 110 cm³/mol. The van der Waals surface area contributed by atoms with Crippen LogP contribution < -0.4 is 4.74 Å². The molecule has 1 aliphatic carbocycles. The fourth-order valence-electron chi connectivity index (χ4n) is 4.64. The molecule has 1 saturated heterocycles. The predicted octanol–water partition coefficient (Wildman–Crippen LogP) is 0.726. The zero-order chi connectivity index (χ0) is 20.5. The van der Waals surface area contributed by atoms with E-state index in [9.17, 15) is 4.79 Å². The molecule has 0 aromatic carbocycles. The molecule has 0 atom stereocenters. The second-order valence-corrected chi connectivity index (χ2v) is 8.42. The molecule has 30 heavy (non-hydrogen) atoms.